The van der Waals surface area contributed by atoms with Crippen LogP contribution in [-0.2, 0) is 9.53 Å². The van der Waals surface area contributed by atoms with Gasteiger partial charge in [0, 0.05) is 11.8 Å². The highest BCUT2D eigenvalue weighted by molar-refractivity contribution is 8.18. The SMILES string of the molecule is COc1cc(C=C2SC([NH+]3CCOCC3)=NC2=O)cc([N+](=O)[O-])c1[O-]. The number of thioether (sulfide) groups is 1. The van der Waals surface area contributed by atoms with Gasteiger partial charge in [-0.15, -0.1) is 4.99 Å². The van der Waals surface area contributed by atoms with Crippen molar-refractivity contribution in [2.24, 2.45) is 4.99 Å². The van der Waals surface area contributed by atoms with Crippen molar-refractivity contribution in [3.8, 4) is 11.5 Å². The van der Waals surface area contributed by atoms with Gasteiger partial charge in [-0.3, -0.25) is 19.8 Å². The van der Waals surface area contributed by atoms with Crippen LogP contribution < -0.4 is 14.7 Å². The number of nitro benzene ring substituents is 1. The Balaban J connectivity index is 1.87. The normalized spacial score (nSPS) is 20.0. The molecule has 9 nitrogen and oxygen atoms in total. The summed E-state index contributed by atoms with van der Waals surface area (Å²) in [6, 6.07) is 2.50. The van der Waals surface area contributed by atoms with Gasteiger partial charge in [0.25, 0.3) is 16.8 Å². The molecular weight excluding hydrogens is 350 g/mol. The minimum Gasteiger partial charge on any atom is -0.865 e. The van der Waals surface area contributed by atoms with Gasteiger partial charge in [0.05, 0.1) is 30.2 Å². The molecule has 1 aromatic rings. The number of amides is 1. The lowest BCUT2D eigenvalue weighted by Gasteiger charge is -2.21. The van der Waals surface area contributed by atoms with Crippen LogP contribution >= 0.6 is 11.8 Å². The molecule has 0 bridgehead atoms. The van der Waals surface area contributed by atoms with E-state index in [-0.39, 0.29) is 5.75 Å². The minimum atomic E-state index is -0.797. The van der Waals surface area contributed by atoms with E-state index in [0.717, 1.165) is 24.1 Å². The van der Waals surface area contributed by atoms with Crippen molar-refractivity contribution in [2.75, 3.05) is 33.4 Å². The Hall–Kier alpha value is -2.43. The zero-order valence-corrected chi connectivity index (χ0v) is 14.1. The van der Waals surface area contributed by atoms with Crippen LogP contribution in [0, 0.1) is 10.1 Å². The van der Waals surface area contributed by atoms with Gasteiger partial charge in [-0.05, 0) is 29.5 Å². The second-order valence-corrected chi connectivity index (χ2v) is 6.41. The van der Waals surface area contributed by atoms with E-state index in [9.17, 15) is 20.0 Å². The van der Waals surface area contributed by atoms with E-state index in [1.54, 1.807) is 0 Å². The van der Waals surface area contributed by atoms with Gasteiger partial charge in [-0.25, -0.2) is 0 Å². The first kappa shape index (κ1) is 17.4. The third-order valence-electron chi connectivity index (χ3n) is 3.79. The highest BCUT2D eigenvalue weighted by Gasteiger charge is 2.31. The van der Waals surface area contributed by atoms with Gasteiger partial charge in [-0.2, -0.15) is 0 Å². The summed E-state index contributed by atoms with van der Waals surface area (Å²) in [5.41, 5.74) is -0.256. The van der Waals surface area contributed by atoms with E-state index in [0.29, 0.717) is 28.9 Å². The molecule has 1 amide bonds. The van der Waals surface area contributed by atoms with E-state index < -0.39 is 22.3 Å². The summed E-state index contributed by atoms with van der Waals surface area (Å²) in [4.78, 5) is 27.9. The Bertz CT molecular complexity index is 786. The van der Waals surface area contributed by atoms with Gasteiger partial charge in [0.1, 0.15) is 18.8 Å². The third-order valence-corrected chi connectivity index (χ3v) is 4.88. The van der Waals surface area contributed by atoms with Crippen LogP contribution in [0.25, 0.3) is 6.08 Å². The van der Waals surface area contributed by atoms with Crippen LogP contribution in [0.3, 0.4) is 0 Å². The Labute approximate surface area is 147 Å². The molecule has 3 rings (SSSR count). The first-order valence-electron chi connectivity index (χ1n) is 7.48. The molecule has 0 saturated carbocycles. The molecule has 0 atom stereocenters. The van der Waals surface area contributed by atoms with E-state index in [1.165, 1.54) is 31.0 Å². The maximum Gasteiger partial charge on any atom is 0.289 e. The predicted octanol–water partition coefficient (Wildman–Crippen LogP) is -0.438. The molecule has 2 aliphatic heterocycles. The van der Waals surface area contributed by atoms with Crippen LogP contribution in [0.4, 0.5) is 5.69 Å². The summed E-state index contributed by atoms with van der Waals surface area (Å²) in [6.45, 7) is 2.68. The van der Waals surface area contributed by atoms with Gasteiger partial charge < -0.3 is 14.6 Å². The molecule has 0 unspecified atom stereocenters. The molecule has 1 aromatic carbocycles. The molecule has 0 aliphatic carbocycles. The number of nitro groups is 1. The summed E-state index contributed by atoms with van der Waals surface area (Å²) in [5.74, 6) is -1.34. The maximum absolute atomic E-state index is 12.1. The number of hydrogen-bond donors (Lipinski definition) is 1. The maximum atomic E-state index is 12.1. The average molecular weight is 365 g/mol. The zero-order valence-electron chi connectivity index (χ0n) is 13.3. The van der Waals surface area contributed by atoms with Crippen LogP contribution in [0.5, 0.6) is 11.5 Å². The number of hydrogen-bond acceptors (Lipinski definition) is 7. The second kappa shape index (κ2) is 7.21. The number of carbonyl (C=O) groups excluding carboxylic acids is 1. The van der Waals surface area contributed by atoms with Crippen molar-refractivity contribution in [3.05, 3.63) is 32.7 Å². The van der Waals surface area contributed by atoms with E-state index >= 15 is 0 Å². The molecule has 2 heterocycles. The van der Waals surface area contributed by atoms with Crippen molar-refractivity contribution in [1.82, 2.24) is 0 Å². The van der Waals surface area contributed by atoms with Crippen molar-refractivity contribution in [2.45, 2.75) is 0 Å². The first-order valence-corrected chi connectivity index (χ1v) is 8.30. The molecular formula is C15H15N3O6S. The molecule has 1 N–H and O–H groups in total. The topological polar surface area (TPSA) is 119 Å². The van der Waals surface area contributed by atoms with Crippen LogP contribution in [0.1, 0.15) is 5.56 Å². The Morgan fingerprint density at radius 2 is 2.12 bits per heavy atom. The number of quaternary nitrogens is 1. The van der Waals surface area contributed by atoms with Gasteiger partial charge in [0.15, 0.2) is 0 Å². The number of rotatable bonds is 3. The molecule has 25 heavy (non-hydrogen) atoms. The molecule has 0 spiro atoms. The number of methoxy groups -OCH3 is 1. The summed E-state index contributed by atoms with van der Waals surface area (Å²) in [6.07, 6.45) is 1.48. The summed E-state index contributed by atoms with van der Waals surface area (Å²) < 4.78 is 10.2. The molecule has 0 aromatic heterocycles. The summed E-state index contributed by atoms with van der Waals surface area (Å²) >= 11 is 1.23. The number of benzene rings is 1. The van der Waals surface area contributed by atoms with E-state index in [4.69, 9.17) is 9.47 Å². The van der Waals surface area contributed by atoms with Crippen LogP contribution in [-0.4, -0.2) is 49.4 Å². The van der Waals surface area contributed by atoms with E-state index in [1.807, 2.05) is 0 Å². The van der Waals surface area contributed by atoms with Gasteiger partial charge >= 0.3 is 0 Å². The molecule has 132 valence electrons. The quantitative estimate of drug-likeness (QED) is 0.438. The lowest BCUT2D eigenvalue weighted by atomic mass is 10.1. The largest absolute Gasteiger partial charge is 0.865 e. The number of nitrogens with one attached hydrogen (secondary N) is 1. The van der Waals surface area contributed by atoms with Crippen molar-refractivity contribution < 1.29 is 29.2 Å². The lowest BCUT2D eigenvalue weighted by Crippen LogP contribution is -3.15. The molecule has 1 saturated heterocycles. The minimum absolute atomic E-state index is 0.142. The zero-order chi connectivity index (χ0) is 18.0. The van der Waals surface area contributed by atoms with Crippen LogP contribution in [0.2, 0.25) is 0 Å². The smallest absolute Gasteiger partial charge is 0.289 e. The highest BCUT2D eigenvalue weighted by Crippen LogP contribution is 2.36. The summed E-state index contributed by atoms with van der Waals surface area (Å²) in [5, 5.41) is 23.5. The molecule has 2 aliphatic rings. The van der Waals surface area contributed by atoms with Crippen molar-refractivity contribution in [3.63, 3.8) is 0 Å². The fraction of sp³-hybridized carbons (Fsp3) is 0.333. The fourth-order valence-electron chi connectivity index (χ4n) is 2.52. The Morgan fingerprint density at radius 1 is 1.40 bits per heavy atom. The molecule has 10 heteroatoms. The highest BCUT2D eigenvalue weighted by atomic mass is 32.2. The van der Waals surface area contributed by atoms with Crippen LogP contribution in [0.15, 0.2) is 22.0 Å². The van der Waals surface area contributed by atoms with Gasteiger partial charge in [-0.1, -0.05) is 0 Å². The Kier molecular flexibility index (Phi) is 5.02. The Morgan fingerprint density at radius 3 is 2.76 bits per heavy atom. The first-order chi connectivity index (χ1) is 12.0. The van der Waals surface area contributed by atoms with Crippen molar-refractivity contribution >= 4 is 34.6 Å². The number of morpholine rings is 1. The van der Waals surface area contributed by atoms with Gasteiger partial charge in [0.2, 0.25) is 0 Å². The number of nitrogens with zero attached hydrogens (tertiary/aromatic N) is 2. The fourth-order valence-corrected chi connectivity index (χ4v) is 3.54. The predicted molar refractivity (Wildman–Crippen MR) is 88.6 cm³/mol. The monoisotopic (exact) mass is 365 g/mol. The van der Waals surface area contributed by atoms with E-state index in [2.05, 4.69) is 4.99 Å². The number of ether oxygens (including phenoxy) is 2. The second-order valence-electron chi connectivity index (χ2n) is 5.38. The van der Waals surface area contributed by atoms with Crippen molar-refractivity contribution in [1.29, 1.82) is 0 Å². The molecule has 0 radical (unpaired) electrons. The number of amidine groups is 1. The number of carbonyl (C=O) groups is 1. The standard InChI is InChI=1S/C15H15N3O6S/c1-23-11-7-9(6-10(13(11)19)18(21)22)8-12-14(20)16-15(25-12)17-2-4-24-5-3-17/h6-8,19H,2-5H2,1H3. The molecule has 1 fully saturated rings. The summed E-state index contributed by atoms with van der Waals surface area (Å²) in [7, 11) is 1.26. The third kappa shape index (κ3) is 3.65. The number of aliphatic imine (C=N–C) groups is 1. The average Bonchev–Trinajstić information content (AvgIpc) is 2.97. The lowest BCUT2D eigenvalue weighted by molar-refractivity contribution is -0.812.